The number of hydrogen-bond acceptors (Lipinski definition) is 5. The molecule has 0 aliphatic carbocycles. The van der Waals surface area contributed by atoms with Crippen molar-refractivity contribution in [3.05, 3.63) is 18.3 Å². The molecule has 1 aliphatic heterocycles. The van der Waals surface area contributed by atoms with Crippen molar-refractivity contribution < 1.29 is 4.52 Å². The first-order valence-electron chi connectivity index (χ1n) is 5.89. The Morgan fingerprint density at radius 2 is 2.41 bits per heavy atom. The van der Waals surface area contributed by atoms with Crippen molar-refractivity contribution in [2.24, 2.45) is 0 Å². The summed E-state index contributed by atoms with van der Waals surface area (Å²) in [6, 6.07) is 0.507. The van der Waals surface area contributed by atoms with Crippen LogP contribution in [0.3, 0.4) is 0 Å². The van der Waals surface area contributed by atoms with E-state index in [1.807, 2.05) is 0 Å². The van der Waals surface area contributed by atoms with Gasteiger partial charge in [0.05, 0.1) is 0 Å². The van der Waals surface area contributed by atoms with Gasteiger partial charge in [-0.25, -0.2) is 4.98 Å². The fourth-order valence-corrected chi connectivity index (χ4v) is 2.24. The highest BCUT2D eigenvalue weighted by molar-refractivity contribution is 5.40. The van der Waals surface area contributed by atoms with Crippen molar-refractivity contribution in [1.82, 2.24) is 25.4 Å². The van der Waals surface area contributed by atoms with Crippen LogP contribution in [0, 0.1) is 0 Å². The average Bonchev–Trinajstić information content (AvgIpc) is 3.00. The van der Waals surface area contributed by atoms with Crippen molar-refractivity contribution in [3.63, 3.8) is 0 Å². The Balaban J connectivity index is 1.80. The van der Waals surface area contributed by atoms with Crippen LogP contribution in [0.4, 0.5) is 0 Å². The molecule has 6 heteroatoms. The minimum Gasteiger partial charge on any atom is -0.342 e. The Bertz CT molecular complexity index is 478. The molecule has 0 aromatic carbocycles. The van der Waals surface area contributed by atoms with E-state index >= 15 is 0 Å². The molecule has 0 amide bonds. The number of rotatable bonds is 2. The summed E-state index contributed by atoms with van der Waals surface area (Å²) >= 11 is 0. The summed E-state index contributed by atoms with van der Waals surface area (Å²) in [6.45, 7) is 3.18. The number of aromatic nitrogens is 4. The smallest absolute Gasteiger partial charge is 0.238 e. The van der Waals surface area contributed by atoms with Gasteiger partial charge in [-0.3, -0.25) is 0 Å². The zero-order valence-electron chi connectivity index (χ0n) is 9.68. The number of nitrogens with zero attached hydrogens (tertiary/aromatic N) is 3. The van der Waals surface area contributed by atoms with Crippen LogP contribution in [-0.2, 0) is 0 Å². The first-order chi connectivity index (χ1) is 8.33. The fourth-order valence-electron chi connectivity index (χ4n) is 2.24. The van der Waals surface area contributed by atoms with Crippen LogP contribution in [-0.4, -0.2) is 32.7 Å². The lowest BCUT2D eigenvalue weighted by Crippen LogP contribution is -2.34. The summed E-state index contributed by atoms with van der Waals surface area (Å²) < 4.78 is 5.33. The Labute approximate surface area is 98.8 Å². The zero-order chi connectivity index (χ0) is 11.7. The summed E-state index contributed by atoms with van der Waals surface area (Å²) in [4.78, 5) is 11.5. The highest BCUT2D eigenvalue weighted by Crippen LogP contribution is 2.27. The van der Waals surface area contributed by atoms with E-state index in [0.717, 1.165) is 25.3 Å². The third kappa shape index (κ3) is 2.08. The van der Waals surface area contributed by atoms with Crippen molar-refractivity contribution in [2.45, 2.75) is 31.7 Å². The Kier molecular flexibility index (Phi) is 2.64. The Morgan fingerprint density at radius 1 is 1.47 bits per heavy atom. The second-order valence-electron chi connectivity index (χ2n) is 4.47. The highest BCUT2D eigenvalue weighted by Gasteiger charge is 2.25. The maximum absolute atomic E-state index is 5.33. The zero-order valence-corrected chi connectivity index (χ0v) is 9.68. The third-order valence-corrected chi connectivity index (χ3v) is 3.12. The maximum Gasteiger partial charge on any atom is 0.238 e. The van der Waals surface area contributed by atoms with Crippen molar-refractivity contribution in [1.29, 1.82) is 0 Å². The van der Waals surface area contributed by atoms with E-state index in [2.05, 4.69) is 32.3 Å². The summed E-state index contributed by atoms with van der Waals surface area (Å²) in [6.07, 6.45) is 5.51. The van der Waals surface area contributed by atoms with Crippen LogP contribution in [0.25, 0.3) is 11.6 Å². The third-order valence-electron chi connectivity index (χ3n) is 3.12. The topological polar surface area (TPSA) is 79.6 Å². The van der Waals surface area contributed by atoms with E-state index in [0.29, 0.717) is 23.6 Å². The van der Waals surface area contributed by atoms with E-state index < -0.39 is 0 Å². The lowest BCUT2D eigenvalue weighted by molar-refractivity contribution is 0.295. The van der Waals surface area contributed by atoms with Crippen LogP contribution in [0.1, 0.15) is 31.6 Å². The Morgan fingerprint density at radius 3 is 3.18 bits per heavy atom. The molecule has 1 saturated heterocycles. The molecule has 3 rings (SSSR count). The molecule has 2 N–H and O–H groups in total. The van der Waals surface area contributed by atoms with Gasteiger partial charge in [0.1, 0.15) is 0 Å². The molecule has 3 heterocycles. The van der Waals surface area contributed by atoms with Crippen LogP contribution >= 0.6 is 0 Å². The highest BCUT2D eigenvalue weighted by atomic mass is 16.5. The first-order valence-corrected chi connectivity index (χ1v) is 5.89. The van der Waals surface area contributed by atoms with E-state index in [1.54, 1.807) is 12.4 Å². The molecule has 1 fully saturated rings. The largest absolute Gasteiger partial charge is 0.342 e. The van der Waals surface area contributed by atoms with Gasteiger partial charge in [0.15, 0.2) is 5.82 Å². The van der Waals surface area contributed by atoms with Gasteiger partial charge in [-0.15, -0.1) is 0 Å². The molecule has 0 spiro atoms. The monoisotopic (exact) mass is 233 g/mol. The molecule has 0 bridgehead atoms. The van der Waals surface area contributed by atoms with Crippen molar-refractivity contribution >= 4 is 0 Å². The van der Waals surface area contributed by atoms with Crippen LogP contribution < -0.4 is 5.32 Å². The van der Waals surface area contributed by atoms with Crippen LogP contribution in [0.2, 0.25) is 0 Å². The van der Waals surface area contributed by atoms with Gasteiger partial charge in [0.25, 0.3) is 0 Å². The van der Waals surface area contributed by atoms with Crippen LogP contribution in [0.15, 0.2) is 16.9 Å². The predicted octanol–water partition coefficient (Wildman–Crippen LogP) is 1.32. The molecule has 2 aromatic heterocycles. The minimum absolute atomic E-state index is 0.363. The molecule has 0 saturated carbocycles. The standard InChI is InChI=1S/C11H15N5O/c1-7-6-8(2-3-12-7)11-15-10(16-17-11)9-13-4-5-14-9/h4-5,7-8,12H,2-3,6H2,1H3,(H,13,14). The lowest BCUT2D eigenvalue weighted by Gasteiger charge is -2.25. The fraction of sp³-hybridized carbons (Fsp3) is 0.545. The molecular formula is C11H15N5O. The van der Waals surface area contributed by atoms with Crippen LogP contribution in [0.5, 0.6) is 0 Å². The number of piperidine rings is 1. The summed E-state index contributed by atoms with van der Waals surface area (Å²) in [5.74, 6) is 2.28. The minimum atomic E-state index is 0.363. The predicted molar refractivity (Wildman–Crippen MR) is 61.3 cm³/mol. The van der Waals surface area contributed by atoms with Gasteiger partial charge >= 0.3 is 0 Å². The van der Waals surface area contributed by atoms with Gasteiger partial charge in [0.2, 0.25) is 11.7 Å². The molecule has 1 aliphatic rings. The van der Waals surface area contributed by atoms with E-state index in [4.69, 9.17) is 4.52 Å². The maximum atomic E-state index is 5.33. The number of H-pyrrole nitrogens is 1. The molecule has 2 atom stereocenters. The van der Waals surface area contributed by atoms with Gasteiger partial charge in [-0.2, -0.15) is 4.98 Å². The van der Waals surface area contributed by atoms with Gasteiger partial charge in [0, 0.05) is 24.4 Å². The van der Waals surface area contributed by atoms with Gasteiger partial charge in [-0.1, -0.05) is 5.16 Å². The van der Waals surface area contributed by atoms with E-state index in [1.165, 1.54) is 0 Å². The second kappa shape index (κ2) is 4.29. The average molecular weight is 233 g/mol. The van der Waals surface area contributed by atoms with E-state index in [9.17, 15) is 0 Å². The molecule has 0 radical (unpaired) electrons. The normalized spacial score (nSPS) is 25.0. The number of imidazole rings is 1. The molecule has 6 nitrogen and oxygen atoms in total. The second-order valence-corrected chi connectivity index (χ2v) is 4.47. The lowest BCUT2D eigenvalue weighted by atomic mass is 9.93. The van der Waals surface area contributed by atoms with E-state index in [-0.39, 0.29) is 0 Å². The quantitative estimate of drug-likeness (QED) is 0.817. The number of nitrogens with one attached hydrogen (secondary N) is 2. The molecule has 90 valence electrons. The molecule has 2 aromatic rings. The molecular weight excluding hydrogens is 218 g/mol. The summed E-state index contributed by atoms with van der Waals surface area (Å²) in [5.41, 5.74) is 0. The molecule has 2 unspecified atom stereocenters. The van der Waals surface area contributed by atoms with Gasteiger partial charge in [-0.05, 0) is 26.3 Å². The van der Waals surface area contributed by atoms with Gasteiger partial charge < -0.3 is 14.8 Å². The van der Waals surface area contributed by atoms with Crippen molar-refractivity contribution in [2.75, 3.05) is 6.54 Å². The summed E-state index contributed by atoms with van der Waals surface area (Å²) in [7, 11) is 0. The Hall–Kier alpha value is -1.69. The SMILES string of the molecule is CC1CC(c2nc(-c3ncc[nH]3)no2)CCN1. The number of aromatic amines is 1. The number of hydrogen-bond donors (Lipinski definition) is 2. The first kappa shape index (κ1) is 10.5. The molecule has 17 heavy (non-hydrogen) atoms. The summed E-state index contributed by atoms with van der Waals surface area (Å²) in [5, 5.41) is 7.37. The van der Waals surface area contributed by atoms with Crippen molar-refractivity contribution in [3.8, 4) is 11.6 Å².